The van der Waals surface area contributed by atoms with Crippen LogP contribution in [0, 0.1) is 0 Å². The van der Waals surface area contributed by atoms with Gasteiger partial charge in [-0.2, -0.15) is 0 Å². The van der Waals surface area contributed by atoms with Crippen molar-refractivity contribution in [3.05, 3.63) is 52.2 Å². The van der Waals surface area contributed by atoms with Crippen LogP contribution in [0.15, 0.2) is 41.8 Å². The highest BCUT2D eigenvalue weighted by Crippen LogP contribution is 2.36. The molecule has 4 heteroatoms. The van der Waals surface area contributed by atoms with Crippen molar-refractivity contribution in [2.75, 3.05) is 5.32 Å². The van der Waals surface area contributed by atoms with Crippen molar-refractivity contribution >= 4 is 22.9 Å². The Morgan fingerprint density at radius 1 is 1.30 bits per heavy atom. The first kappa shape index (κ1) is 13.2. The van der Waals surface area contributed by atoms with Crippen LogP contribution in [0.2, 0.25) is 0 Å². The molecule has 20 heavy (non-hydrogen) atoms. The Labute approximate surface area is 123 Å². The van der Waals surface area contributed by atoms with Gasteiger partial charge in [-0.3, -0.25) is 4.79 Å². The van der Waals surface area contributed by atoms with E-state index in [-0.39, 0.29) is 18.1 Å². The molecule has 1 aromatic carbocycles. The number of nitrogens with one attached hydrogen (secondary N) is 1. The van der Waals surface area contributed by atoms with Crippen LogP contribution < -0.4 is 5.32 Å². The van der Waals surface area contributed by atoms with Crippen LogP contribution >= 0.6 is 11.3 Å². The molecule has 0 fully saturated rings. The molecule has 2 heterocycles. The summed E-state index contributed by atoms with van der Waals surface area (Å²) >= 11 is 1.68. The number of nitrogens with zero attached hydrogens (tertiary/aromatic N) is 1. The van der Waals surface area contributed by atoms with Gasteiger partial charge in [0.05, 0.1) is 5.56 Å². The average molecular weight is 286 g/mol. The normalized spacial score (nSPS) is 19.4. The summed E-state index contributed by atoms with van der Waals surface area (Å²) in [5.74, 6) is 0.118. The Bertz CT molecular complexity index is 609. The molecule has 0 radical (unpaired) electrons. The Morgan fingerprint density at radius 2 is 2.10 bits per heavy atom. The van der Waals surface area contributed by atoms with Gasteiger partial charge in [-0.1, -0.05) is 25.1 Å². The molecule has 0 spiro atoms. The van der Waals surface area contributed by atoms with E-state index in [4.69, 9.17) is 0 Å². The van der Waals surface area contributed by atoms with E-state index >= 15 is 0 Å². The maximum Gasteiger partial charge on any atom is 0.258 e. The minimum Gasteiger partial charge on any atom is -0.360 e. The Kier molecular flexibility index (Phi) is 3.49. The Morgan fingerprint density at radius 3 is 2.80 bits per heavy atom. The van der Waals surface area contributed by atoms with Gasteiger partial charge in [0.25, 0.3) is 5.91 Å². The first-order chi connectivity index (χ1) is 9.72. The predicted molar refractivity (Wildman–Crippen MR) is 83.0 cm³/mol. The minimum atomic E-state index is -0.0626. The van der Waals surface area contributed by atoms with E-state index in [1.54, 1.807) is 11.3 Å². The van der Waals surface area contributed by atoms with Crippen molar-refractivity contribution in [2.45, 2.75) is 32.5 Å². The fourth-order valence-corrected chi connectivity index (χ4v) is 3.35. The van der Waals surface area contributed by atoms with Crippen molar-refractivity contribution in [1.29, 1.82) is 0 Å². The summed E-state index contributed by atoms with van der Waals surface area (Å²) < 4.78 is 0. The lowest BCUT2D eigenvalue weighted by Crippen LogP contribution is -2.47. The van der Waals surface area contributed by atoms with E-state index < -0.39 is 0 Å². The summed E-state index contributed by atoms with van der Waals surface area (Å²) in [6.07, 6.45) is 0.879. The van der Waals surface area contributed by atoms with Crippen LogP contribution in [0.4, 0.5) is 5.69 Å². The van der Waals surface area contributed by atoms with E-state index in [1.165, 1.54) is 4.88 Å². The van der Waals surface area contributed by atoms with Gasteiger partial charge in [0.15, 0.2) is 0 Å². The third-order valence-electron chi connectivity index (χ3n) is 3.84. The van der Waals surface area contributed by atoms with Crippen LogP contribution in [-0.2, 0) is 0 Å². The van der Waals surface area contributed by atoms with Gasteiger partial charge < -0.3 is 10.2 Å². The largest absolute Gasteiger partial charge is 0.360 e. The topological polar surface area (TPSA) is 32.3 Å². The van der Waals surface area contributed by atoms with Crippen LogP contribution in [0.1, 0.15) is 41.7 Å². The highest BCUT2D eigenvalue weighted by Gasteiger charge is 2.35. The number of hydrogen-bond acceptors (Lipinski definition) is 3. The zero-order valence-electron chi connectivity index (χ0n) is 11.7. The monoisotopic (exact) mass is 286 g/mol. The fourth-order valence-electron chi connectivity index (χ4n) is 2.58. The Balaban J connectivity index is 2.07. The number of carbonyl (C=O) groups excluding carboxylic acids is 1. The molecule has 0 aliphatic carbocycles. The predicted octanol–water partition coefficient (Wildman–Crippen LogP) is 4.11. The number of carbonyl (C=O) groups is 1. The summed E-state index contributed by atoms with van der Waals surface area (Å²) in [5.41, 5.74) is 1.69. The van der Waals surface area contributed by atoms with Gasteiger partial charge in [-0.05, 0) is 36.9 Å². The van der Waals surface area contributed by atoms with Crippen molar-refractivity contribution in [1.82, 2.24) is 4.90 Å². The third-order valence-corrected chi connectivity index (χ3v) is 4.77. The van der Waals surface area contributed by atoms with Crippen LogP contribution in [-0.4, -0.2) is 16.8 Å². The van der Waals surface area contributed by atoms with Gasteiger partial charge >= 0.3 is 0 Å². The molecule has 2 aromatic rings. The van der Waals surface area contributed by atoms with E-state index in [9.17, 15) is 4.79 Å². The zero-order valence-corrected chi connectivity index (χ0v) is 12.5. The van der Waals surface area contributed by atoms with Gasteiger partial charge in [0, 0.05) is 16.6 Å². The number of benzene rings is 1. The first-order valence-corrected chi connectivity index (χ1v) is 7.82. The highest BCUT2D eigenvalue weighted by molar-refractivity contribution is 7.10. The molecule has 1 amide bonds. The highest BCUT2D eigenvalue weighted by atomic mass is 32.1. The maximum atomic E-state index is 12.8. The van der Waals surface area contributed by atoms with Crippen LogP contribution in [0.25, 0.3) is 0 Å². The molecule has 0 saturated heterocycles. The van der Waals surface area contributed by atoms with Gasteiger partial charge in [0.1, 0.15) is 6.17 Å². The number of thiophene rings is 1. The summed E-state index contributed by atoms with van der Waals surface area (Å²) in [4.78, 5) is 16.0. The minimum absolute atomic E-state index is 0.0626. The quantitative estimate of drug-likeness (QED) is 0.920. The lowest BCUT2D eigenvalue weighted by Gasteiger charge is -2.40. The van der Waals surface area contributed by atoms with E-state index in [0.717, 1.165) is 17.7 Å². The van der Waals surface area contributed by atoms with Gasteiger partial charge in [0.2, 0.25) is 0 Å². The molecule has 3 rings (SSSR count). The van der Waals surface area contributed by atoms with E-state index in [1.807, 2.05) is 35.2 Å². The van der Waals surface area contributed by atoms with Crippen molar-refractivity contribution in [3.63, 3.8) is 0 Å². The molecule has 3 nitrogen and oxygen atoms in total. The standard InChI is InChI=1S/C16H18N2OS/c1-3-11(2)18-15(14-9-6-10-20-14)17-13-8-5-4-7-12(13)16(18)19/h4-11,15,17H,3H2,1-2H3/t11-,15+/m1/s1. The number of rotatable bonds is 3. The smallest absolute Gasteiger partial charge is 0.258 e. The summed E-state index contributed by atoms with van der Waals surface area (Å²) in [6.45, 7) is 4.22. The number of anilines is 1. The van der Waals surface area contributed by atoms with Crippen molar-refractivity contribution < 1.29 is 4.79 Å². The SMILES string of the molecule is CC[C@@H](C)N1C(=O)c2ccccc2N[C@@H]1c1cccs1. The Hall–Kier alpha value is -1.81. The molecule has 2 atom stereocenters. The van der Waals surface area contributed by atoms with E-state index in [2.05, 4.69) is 30.6 Å². The fraction of sp³-hybridized carbons (Fsp3) is 0.312. The molecule has 104 valence electrons. The molecule has 0 saturated carbocycles. The summed E-state index contributed by atoms with van der Waals surface area (Å²) in [5, 5.41) is 5.56. The van der Waals surface area contributed by atoms with E-state index in [0.29, 0.717) is 0 Å². The number of hydrogen-bond donors (Lipinski definition) is 1. The molecule has 0 bridgehead atoms. The van der Waals surface area contributed by atoms with Gasteiger partial charge in [-0.25, -0.2) is 0 Å². The van der Waals surface area contributed by atoms with Crippen molar-refractivity contribution in [2.24, 2.45) is 0 Å². The number of amides is 1. The lowest BCUT2D eigenvalue weighted by atomic mass is 10.0. The number of para-hydroxylation sites is 1. The molecule has 1 aromatic heterocycles. The second-order valence-electron chi connectivity index (χ2n) is 5.08. The van der Waals surface area contributed by atoms with Gasteiger partial charge in [-0.15, -0.1) is 11.3 Å². The maximum absolute atomic E-state index is 12.8. The zero-order chi connectivity index (χ0) is 14.1. The van der Waals surface area contributed by atoms with Crippen LogP contribution in [0.5, 0.6) is 0 Å². The van der Waals surface area contributed by atoms with Crippen LogP contribution in [0.3, 0.4) is 0 Å². The first-order valence-electron chi connectivity index (χ1n) is 6.94. The second kappa shape index (κ2) is 5.29. The summed E-state index contributed by atoms with van der Waals surface area (Å²) in [6, 6.07) is 12.1. The average Bonchev–Trinajstić information content (AvgIpc) is 3.00. The number of fused-ring (bicyclic) bond motifs is 1. The lowest BCUT2D eigenvalue weighted by molar-refractivity contribution is 0.0597. The third kappa shape index (κ3) is 2.10. The summed E-state index contributed by atoms with van der Waals surface area (Å²) in [7, 11) is 0. The second-order valence-corrected chi connectivity index (χ2v) is 6.06. The molecule has 1 N–H and O–H groups in total. The molecular weight excluding hydrogens is 268 g/mol. The van der Waals surface area contributed by atoms with Crippen molar-refractivity contribution in [3.8, 4) is 0 Å². The molecular formula is C16H18N2OS. The molecule has 0 unspecified atom stereocenters. The molecule has 1 aliphatic heterocycles. The molecule has 1 aliphatic rings.